The van der Waals surface area contributed by atoms with Gasteiger partial charge >= 0.3 is 5.97 Å². The highest BCUT2D eigenvalue weighted by Crippen LogP contribution is 2.36. The number of benzene rings is 2. The second-order valence-corrected chi connectivity index (χ2v) is 6.18. The Kier molecular flexibility index (Phi) is 5.54. The standard InChI is InChI=1S/C21H19NO7/c1-27-14-9-8-13(10-15(14)28-2)18(23)16-17(22-20(25)19(16)24)11-4-6-12(7-5-11)21(26)29-3/h4-10,17,23H,1-3H3,(H,22,25)/b18-16-. The van der Waals surface area contributed by atoms with E-state index in [9.17, 15) is 19.5 Å². The van der Waals surface area contributed by atoms with E-state index in [-0.39, 0.29) is 11.3 Å². The Morgan fingerprint density at radius 3 is 2.14 bits per heavy atom. The van der Waals surface area contributed by atoms with Crippen LogP contribution in [0.2, 0.25) is 0 Å². The maximum absolute atomic E-state index is 12.4. The molecule has 2 N–H and O–H groups in total. The molecule has 2 aromatic rings. The van der Waals surface area contributed by atoms with Crippen molar-refractivity contribution >= 4 is 23.4 Å². The Morgan fingerprint density at radius 2 is 1.55 bits per heavy atom. The van der Waals surface area contributed by atoms with Crippen LogP contribution in [0.25, 0.3) is 5.76 Å². The molecule has 3 rings (SSSR count). The van der Waals surface area contributed by atoms with Gasteiger partial charge in [0.1, 0.15) is 5.76 Å². The van der Waals surface area contributed by atoms with Crippen molar-refractivity contribution in [3.05, 3.63) is 64.7 Å². The van der Waals surface area contributed by atoms with Crippen molar-refractivity contribution in [3.63, 3.8) is 0 Å². The van der Waals surface area contributed by atoms with Gasteiger partial charge in [-0.3, -0.25) is 9.59 Å². The molecule has 29 heavy (non-hydrogen) atoms. The fourth-order valence-electron chi connectivity index (χ4n) is 3.09. The molecule has 2 aromatic carbocycles. The normalized spacial score (nSPS) is 17.6. The van der Waals surface area contributed by atoms with Crippen molar-refractivity contribution in [2.24, 2.45) is 0 Å². The first-order chi connectivity index (χ1) is 13.9. The molecule has 1 unspecified atom stereocenters. The number of ether oxygens (including phenoxy) is 3. The monoisotopic (exact) mass is 397 g/mol. The summed E-state index contributed by atoms with van der Waals surface area (Å²) in [7, 11) is 4.20. The summed E-state index contributed by atoms with van der Waals surface area (Å²) in [6, 6.07) is 9.97. The molecule has 1 atom stereocenters. The van der Waals surface area contributed by atoms with Gasteiger partial charge in [-0.25, -0.2) is 4.79 Å². The number of amides is 1. The van der Waals surface area contributed by atoms with Gasteiger partial charge < -0.3 is 24.6 Å². The van der Waals surface area contributed by atoms with E-state index in [0.29, 0.717) is 28.2 Å². The zero-order chi connectivity index (χ0) is 21.1. The second kappa shape index (κ2) is 8.05. The van der Waals surface area contributed by atoms with Crippen LogP contribution in [0.3, 0.4) is 0 Å². The molecular formula is C21H19NO7. The highest BCUT2D eigenvalue weighted by atomic mass is 16.5. The Morgan fingerprint density at radius 1 is 0.931 bits per heavy atom. The fraction of sp³-hybridized carbons (Fsp3) is 0.190. The van der Waals surface area contributed by atoms with Gasteiger partial charge in [-0.2, -0.15) is 0 Å². The summed E-state index contributed by atoms with van der Waals surface area (Å²) in [5, 5.41) is 13.4. The molecule has 0 spiro atoms. The van der Waals surface area contributed by atoms with Crippen molar-refractivity contribution < 1.29 is 33.7 Å². The largest absolute Gasteiger partial charge is 0.507 e. The Labute approximate surface area is 166 Å². The quantitative estimate of drug-likeness (QED) is 0.344. The molecule has 8 nitrogen and oxygen atoms in total. The molecule has 8 heteroatoms. The summed E-state index contributed by atoms with van der Waals surface area (Å²) in [5.41, 5.74) is 1.05. The molecular weight excluding hydrogens is 378 g/mol. The van der Waals surface area contributed by atoms with Crippen molar-refractivity contribution in [1.82, 2.24) is 5.32 Å². The molecule has 1 fully saturated rings. The van der Waals surface area contributed by atoms with Gasteiger partial charge in [-0.15, -0.1) is 0 Å². The van der Waals surface area contributed by atoms with Crippen LogP contribution in [0, 0.1) is 0 Å². The summed E-state index contributed by atoms with van der Waals surface area (Å²) in [6.07, 6.45) is 0. The van der Waals surface area contributed by atoms with E-state index in [4.69, 9.17) is 9.47 Å². The van der Waals surface area contributed by atoms with Crippen LogP contribution in [-0.2, 0) is 14.3 Å². The van der Waals surface area contributed by atoms with Crippen molar-refractivity contribution in [3.8, 4) is 11.5 Å². The average Bonchev–Trinajstić information content (AvgIpc) is 3.06. The van der Waals surface area contributed by atoms with E-state index in [1.54, 1.807) is 24.3 Å². The zero-order valence-corrected chi connectivity index (χ0v) is 16.0. The third kappa shape index (κ3) is 3.64. The molecule has 1 amide bonds. The molecule has 150 valence electrons. The van der Waals surface area contributed by atoms with Gasteiger partial charge in [-0.1, -0.05) is 12.1 Å². The summed E-state index contributed by atoms with van der Waals surface area (Å²) in [6.45, 7) is 0. The van der Waals surface area contributed by atoms with Gasteiger partial charge in [-0.05, 0) is 35.9 Å². The minimum Gasteiger partial charge on any atom is -0.507 e. The number of aliphatic hydroxyl groups excluding tert-OH is 1. The number of Topliss-reactive ketones (excluding diaryl/α,β-unsaturated/α-hetero) is 1. The molecule has 0 bridgehead atoms. The molecule has 1 saturated heterocycles. The summed E-state index contributed by atoms with van der Waals surface area (Å²) in [4.78, 5) is 36.1. The van der Waals surface area contributed by atoms with E-state index >= 15 is 0 Å². The van der Waals surface area contributed by atoms with Crippen LogP contribution < -0.4 is 14.8 Å². The maximum atomic E-state index is 12.4. The lowest BCUT2D eigenvalue weighted by Gasteiger charge is -2.15. The lowest BCUT2D eigenvalue weighted by molar-refractivity contribution is -0.133. The minimum absolute atomic E-state index is 0.0898. The highest BCUT2D eigenvalue weighted by Gasteiger charge is 2.39. The number of methoxy groups -OCH3 is 3. The predicted octanol–water partition coefficient (Wildman–Crippen LogP) is 2.20. The third-order valence-corrected chi connectivity index (χ3v) is 4.59. The summed E-state index contributed by atoms with van der Waals surface area (Å²) < 4.78 is 15.1. The van der Waals surface area contributed by atoms with E-state index in [1.807, 2.05) is 0 Å². The molecule has 1 heterocycles. The second-order valence-electron chi connectivity index (χ2n) is 6.18. The van der Waals surface area contributed by atoms with Crippen LogP contribution in [0.15, 0.2) is 48.0 Å². The maximum Gasteiger partial charge on any atom is 0.337 e. The van der Waals surface area contributed by atoms with Gasteiger partial charge in [0.25, 0.3) is 11.7 Å². The number of hydrogen-bond acceptors (Lipinski definition) is 7. The van der Waals surface area contributed by atoms with Crippen LogP contribution in [0.4, 0.5) is 0 Å². The minimum atomic E-state index is -0.866. The van der Waals surface area contributed by atoms with Crippen molar-refractivity contribution in [1.29, 1.82) is 0 Å². The van der Waals surface area contributed by atoms with Gasteiger partial charge in [0.2, 0.25) is 0 Å². The summed E-state index contributed by atoms with van der Waals surface area (Å²) in [5.74, 6) is -1.70. The Bertz CT molecular complexity index is 1010. The first-order valence-electron chi connectivity index (χ1n) is 8.60. The number of carbonyl (C=O) groups excluding carboxylic acids is 3. The number of nitrogens with one attached hydrogen (secondary N) is 1. The molecule has 0 aromatic heterocycles. The van der Waals surface area contributed by atoms with Gasteiger partial charge in [0.15, 0.2) is 11.5 Å². The zero-order valence-electron chi connectivity index (χ0n) is 16.0. The number of carbonyl (C=O) groups is 3. The summed E-state index contributed by atoms with van der Waals surface area (Å²) >= 11 is 0. The average molecular weight is 397 g/mol. The van der Waals surface area contributed by atoms with E-state index in [2.05, 4.69) is 10.1 Å². The molecule has 0 saturated carbocycles. The Hall–Kier alpha value is -3.81. The predicted molar refractivity (Wildman–Crippen MR) is 103 cm³/mol. The number of hydrogen-bond donors (Lipinski definition) is 2. The van der Waals surface area contributed by atoms with E-state index in [0.717, 1.165) is 0 Å². The van der Waals surface area contributed by atoms with Crippen LogP contribution >= 0.6 is 0 Å². The van der Waals surface area contributed by atoms with Crippen LogP contribution in [0.1, 0.15) is 27.5 Å². The first kappa shape index (κ1) is 19.9. The number of aliphatic hydroxyl groups is 1. The molecule has 1 aliphatic rings. The van der Waals surface area contributed by atoms with Crippen LogP contribution in [-0.4, -0.2) is 44.1 Å². The number of esters is 1. The topological polar surface area (TPSA) is 111 Å². The molecule has 0 radical (unpaired) electrons. The van der Waals surface area contributed by atoms with Crippen molar-refractivity contribution in [2.75, 3.05) is 21.3 Å². The first-order valence-corrected chi connectivity index (χ1v) is 8.60. The highest BCUT2D eigenvalue weighted by molar-refractivity contribution is 6.46. The smallest absolute Gasteiger partial charge is 0.337 e. The lowest BCUT2D eigenvalue weighted by Crippen LogP contribution is -2.21. The van der Waals surface area contributed by atoms with E-state index in [1.165, 1.54) is 39.5 Å². The molecule has 0 aliphatic carbocycles. The SMILES string of the molecule is COC(=O)c1ccc(C2NC(=O)C(=O)/C2=C(\O)c2ccc(OC)c(OC)c2)cc1. The van der Waals surface area contributed by atoms with Crippen molar-refractivity contribution in [2.45, 2.75) is 6.04 Å². The van der Waals surface area contributed by atoms with Crippen LogP contribution in [0.5, 0.6) is 11.5 Å². The van der Waals surface area contributed by atoms with Gasteiger partial charge in [0, 0.05) is 5.56 Å². The van der Waals surface area contributed by atoms with Gasteiger partial charge in [0.05, 0.1) is 38.5 Å². The van der Waals surface area contributed by atoms with E-state index < -0.39 is 23.7 Å². The third-order valence-electron chi connectivity index (χ3n) is 4.59. The molecule has 1 aliphatic heterocycles. The fourth-order valence-corrected chi connectivity index (χ4v) is 3.09. The lowest BCUT2D eigenvalue weighted by atomic mass is 9.95. The number of ketones is 1. The Balaban J connectivity index is 2.06. The number of rotatable bonds is 5.